The number of hydrogen-bond donors (Lipinski definition) is 1. The van der Waals surface area contributed by atoms with Crippen LogP contribution < -0.4 is 0 Å². The standard InChI is InChI=1S/C17H22N2/c1-11(2)16-8-14-7-13-5-6-19(12(3)4)10-15(13)9-17(14)18-16/h7-9,11,18H,3,5-6,10H2,1-2,4H3. The Morgan fingerprint density at radius 2 is 2.05 bits per heavy atom. The molecule has 1 aromatic carbocycles. The van der Waals surface area contributed by atoms with Gasteiger partial charge in [-0.1, -0.05) is 20.4 Å². The first-order chi connectivity index (χ1) is 9.04. The number of rotatable bonds is 2. The quantitative estimate of drug-likeness (QED) is 0.851. The van der Waals surface area contributed by atoms with Gasteiger partial charge in [-0.25, -0.2) is 0 Å². The van der Waals surface area contributed by atoms with Crippen molar-refractivity contribution in [1.82, 2.24) is 9.88 Å². The van der Waals surface area contributed by atoms with Gasteiger partial charge in [0.1, 0.15) is 0 Å². The third-order valence-electron chi connectivity index (χ3n) is 4.14. The van der Waals surface area contributed by atoms with Crippen LogP contribution in [0.2, 0.25) is 0 Å². The van der Waals surface area contributed by atoms with Crippen LogP contribution >= 0.6 is 0 Å². The van der Waals surface area contributed by atoms with Gasteiger partial charge in [-0.05, 0) is 54.0 Å². The van der Waals surface area contributed by atoms with Gasteiger partial charge in [0.15, 0.2) is 0 Å². The van der Waals surface area contributed by atoms with E-state index in [1.165, 1.54) is 33.4 Å². The minimum atomic E-state index is 0.552. The number of aromatic amines is 1. The maximum absolute atomic E-state index is 4.06. The predicted octanol–water partition coefficient (Wildman–Crippen LogP) is 4.18. The van der Waals surface area contributed by atoms with Crippen LogP contribution in [-0.4, -0.2) is 16.4 Å². The molecule has 0 saturated carbocycles. The summed E-state index contributed by atoms with van der Waals surface area (Å²) in [6.45, 7) is 12.7. The molecule has 2 heteroatoms. The maximum atomic E-state index is 4.06. The molecule has 2 aromatic rings. The van der Waals surface area contributed by atoms with E-state index >= 15 is 0 Å². The number of hydrogen-bond acceptors (Lipinski definition) is 1. The summed E-state index contributed by atoms with van der Waals surface area (Å²) in [6, 6.07) is 6.99. The third kappa shape index (κ3) is 2.16. The van der Waals surface area contributed by atoms with Gasteiger partial charge in [-0.15, -0.1) is 0 Å². The van der Waals surface area contributed by atoms with Gasteiger partial charge in [0.05, 0.1) is 0 Å². The largest absolute Gasteiger partial charge is 0.371 e. The fraction of sp³-hybridized carbons (Fsp3) is 0.412. The van der Waals surface area contributed by atoms with E-state index in [0.29, 0.717) is 5.92 Å². The Kier molecular flexibility index (Phi) is 2.89. The molecular formula is C17H22N2. The Labute approximate surface area is 115 Å². The minimum Gasteiger partial charge on any atom is -0.371 e. The van der Waals surface area contributed by atoms with Crippen molar-refractivity contribution in [3.8, 4) is 0 Å². The first-order valence-corrected chi connectivity index (χ1v) is 7.09. The molecular weight excluding hydrogens is 232 g/mol. The number of fused-ring (bicyclic) bond motifs is 2. The topological polar surface area (TPSA) is 19.0 Å². The highest BCUT2D eigenvalue weighted by atomic mass is 15.1. The van der Waals surface area contributed by atoms with Crippen LogP contribution in [0.4, 0.5) is 0 Å². The third-order valence-corrected chi connectivity index (χ3v) is 4.14. The molecule has 0 amide bonds. The number of nitrogens with one attached hydrogen (secondary N) is 1. The molecule has 0 aliphatic carbocycles. The van der Waals surface area contributed by atoms with Crippen LogP contribution in [0.5, 0.6) is 0 Å². The fourth-order valence-corrected chi connectivity index (χ4v) is 2.85. The van der Waals surface area contributed by atoms with Crippen LogP contribution in [-0.2, 0) is 13.0 Å². The molecule has 0 spiro atoms. The first kappa shape index (κ1) is 12.3. The fourth-order valence-electron chi connectivity index (χ4n) is 2.85. The molecule has 1 aliphatic rings. The molecule has 0 fully saturated rings. The SMILES string of the molecule is C=C(C)N1CCc2cc3cc(C(C)C)[nH]c3cc2C1. The molecule has 3 rings (SSSR count). The molecule has 0 radical (unpaired) electrons. The predicted molar refractivity (Wildman–Crippen MR) is 81.3 cm³/mol. The average molecular weight is 254 g/mol. The Morgan fingerprint density at radius 1 is 1.26 bits per heavy atom. The molecule has 100 valence electrons. The molecule has 1 aliphatic heterocycles. The summed E-state index contributed by atoms with van der Waals surface area (Å²) in [5.74, 6) is 0.552. The van der Waals surface area contributed by atoms with Crippen LogP contribution in [0.1, 0.15) is 43.5 Å². The molecule has 0 atom stereocenters. The zero-order valence-electron chi connectivity index (χ0n) is 12.1. The van der Waals surface area contributed by atoms with Crippen molar-refractivity contribution in [2.75, 3.05) is 6.54 Å². The Morgan fingerprint density at radius 3 is 2.74 bits per heavy atom. The lowest BCUT2D eigenvalue weighted by molar-refractivity contribution is 0.325. The number of nitrogens with zero attached hydrogens (tertiary/aromatic N) is 1. The lowest BCUT2D eigenvalue weighted by atomic mass is 9.97. The number of H-pyrrole nitrogens is 1. The monoisotopic (exact) mass is 254 g/mol. The summed E-state index contributed by atoms with van der Waals surface area (Å²) in [4.78, 5) is 5.91. The number of aromatic nitrogens is 1. The summed E-state index contributed by atoms with van der Waals surface area (Å²) >= 11 is 0. The summed E-state index contributed by atoms with van der Waals surface area (Å²) in [7, 11) is 0. The van der Waals surface area contributed by atoms with E-state index < -0.39 is 0 Å². The average Bonchev–Trinajstić information content (AvgIpc) is 2.78. The van der Waals surface area contributed by atoms with Crippen LogP contribution in [0.25, 0.3) is 10.9 Å². The van der Waals surface area contributed by atoms with Gasteiger partial charge in [0.2, 0.25) is 0 Å². The Bertz CT molecular complexity index is 634. The van der Waals surface area contributed by atoms with Gasteiger partial charge in [0, 0.05) is 30.0 Å². The van der Waals surface area contributed by atoms with E-state index in [-0.39, 0.29) is 0 Å². The second-order valence-corrected chi connectivity index (χ2v) is 5.99. The van der Waals surface area contributed by atoms with Crippen molar-refractivity contribution in [2.45, 2.75) is 39.7 Å². The normalized spacial score (nSPS) is 15.1. The highest BCUT2D eigenvalue weighted by Gasteiger charge is 2.17. The van der Waals surface area contributed by atoms with Crippen LogP contribution in [0.3, 0.4) is 0 Å². The molecule has 19 heavy (non-hydrogen) atoms. The van der Waals surface area contributed by atoms with E-state index in [4.69, 9.17) is 0 Å². The summed E-state index contributed by atoms with van der Waals surface area (Å²) < 4.78 is 0. The lowest BCUT2D eigenvalue weighted by Gasteiger charge is -2.30. The molecule has 0 saturated heterocycles. The molecule has 0 bridgehead atoms. The van der Waals surface area contributed by atoms with Gasteiger partial charge in [-0.3, -0.25) is 0 Å². The van der Waals surface area contributed by atoms with E-state index in [1.54, 1.807) is 0 Å². The summed E-state index contributed by atoms with van der Waals surface area (Å²) in [5.41, 5.74) is 6.71. The van der Waals surface area contributed by atoms with E-state index in [9.17, 15) is 0 Å². The minimum absolute atomic E-state index is 0.552. The van der Waals surface area contributed by atoms with Crippen LogP contribution in [0, 0.1) is 0 Å². The molecule has 2 heterocycles. The highest BCUT2D eigenvalue weighted by Crippen LogP contribution is 2.28. The summed E-state index contributed by atoms with van der Waals surface area (Å²) in [6.07, 6.45) is 1.13. The Hall–Kier alpha value is -1.70. The highest BCUT2D eigenvalue weighted by molar-refractivity contribution is 5.82. The van der Waals surface area contributed by atoms with Crippen molar-refractivity contribution < 1.29 is 0 Å². The molecule has 1 aromatic heterocycles. The van der Waals surface area contributed by atoms with Gasteiger partial charge < -0.3 is 9.88 Å². The van der Waals surface area contributed by atoms with Crippen molar-refractivity contribution in [1.29, 1.82) is 0 Å². The first-order valence-electron chi connectivity index (χ1n) is 7.09. The zero-order valence-corrected chi connectivity index (χ0v) is 12.1. The molecule has 1 N–H and O–H groups in total. The van der Waals surface area contributed by atoms with E-state index in [0.717, 1.165) is 19.5 Å². The molecule has 0 unspecified atom stereocenters. The zero-order chi connectivity index (χ0) is 13.6. The smallest absolute Gasteiger partial charge is 0.0459 e. The van der Waals surface area contributed by atoms with Crippen molar-refractivity contribution in [3.63, 3.8) is 0 Å². The van der Waals surface area contributed by atoms with Crippen molar-refractivity contribution >= 4 is 10.9 Å². The van der Waals surface area contributed by atoms with Crippen molar-refractivity contribution in [2.24, 2.45) is 0 Å². The van der Waals surface area contributed by atoms with E-state index in [2.05, 4.69) is 55.4 Å². The van der Waals surface area contributed by atoms with Crippen LogP contribution in [0.15, 0.2) is 30.5 Å². The number of benzene rings is 1. The Balaban J connectivity index is 2.03. The lowest BCUT2D eigenvalue weighted by Crippen LogP contribution is -2.28. The van der Waals surface area contributed by atoms with E-state index in [1.807, 2.05) is 0 Å². The molecule has 2 nitrogen and oxygen atoms in total. The second-order valence-electron chi connectivity index (χ2n) is 5.99. The van der Waals surface area contributed by atoms with Crippen molar-refractivity contribution in [3.05, 3.63) is 47.3 Å². The van der Waals surface area contributed by atoms with Gasteiger partial charge in [0.25, 0.3) is 0 Å². The number of allylic oxidation sites excluding steroid dienone is 1. The van der Waals surface area contributed by atoms with Gasteiger partial charge in [-0.2, -0.15) is 0 Å². The second kappa shape index (κ2) is 4.44. The summed E-state index contributed by atoms with van der Waals surface area (Å²) in [5, 5.41) is 1.35. The van der Waals surface area contributed by atoms with Gasteiger partial charge >= 0.3 is 0 Å². The maximum Gasteiger partial charge on any atom is 0.0459 e.